The number of carbonyl (C=O) groups is 1. The maximum Gasteiger partial charge on any atom is 0.344 e. The Balaban J connectivity index is 0.000000224. The van der Waals surface area contributed by atoms with Gasteiger partial charge in [-0.2, -0.15) is 0 Å². The van der Waals surface area contributed by atoms with E-state index in [2.05, 4.69) is 24.3 Å². The Morgan fingerprint density at radius 2 is 1.52 bits per heavy atom. The van der Waals surface area contributed by atoms with Crippen LogP contribution in [-0.4, -0.2) is 29.4 Å². The Labute approximate surface area is 182 Å². The van der Waals surface area contributed by atoms with E-state index in [4.69, 9.17) is 25.4 Å². The van der Waals surface area contributed by atoms with E-state index in [0.717, 1.165) is 11.1 Å². The van der Waals surface area contributed by atoms with Crippen LogP contribution in [0.2, 0.25) is 0 Å². The van der Waals surface area contributed by atoms with E-state index in [1.807, 2.05) is 36.4 Å². The number of benzene rings is 3. The Morgan fingerprint density at radius 3 is 1.94 bits per heavy atom. The van der Waals surface area contributed by atoms with Crippen molar-refractivity contribution in [1.29, 1.82) is 0 Å². The van der Waals surface area contributed by atoms with Crippen LogP contribution in [0.1, 0.15) is 36.1 Å². The molecule has 3 rings (SSSR count). The van der Waals surface area contributed by atoms with Gasteiger partial charge in [0.15, 0.2) is 6.10 Å². The zero-order chi connectivity index (χ0) is 22.6. The van der Waals surface area contributed by atoms with Crippen molar-refractivity contribution in [3.05, 3.63) is 95.6 Å². The van der Waals surface area contributed by atoms with Gasteiger partial charge in [0.1, 0.15) is 11.5 Å². The summed E-state index contributed by atoms with van der Waals surface area (Å²) in [5, 5.41) is 17.9. The number of carboxylic acids is 1. The lowest BCUT2D eigenvalue weighted by molar-refractivity contribution is -0.145. The van der Waals surface area contributed by atoms with Gasteiger partial charge in [0.05, 0.1) is 19.8 Å². The van der Waals surface area contributed by atoms with Gasteiger partial charge in [0.25, 0.3) is 0 Å². The molecule has 0 aliphatic heterocycles. The Morgan fingerprint density at radius 1 is 0.968 bits per heavy atom. The molecule has 0 radical (unpaired) electrons. The quantitative estimate of drug-likeness (QED) is 0.503. The number of aliphatic carboxylic acids is 1. The minimum atomic E-state index is -1.00. The van der Waals surface area contributed by atoms with Gasteiger partial charge in [-0.25, -0.2) is 4.79 Å². The van der Waals surface area contributed by atoms with Crippen LogP contribution in [0.15, 0.2) is 78.9 Å². The second-order valence-corrected chi connectivity index (χ2v) is 6.78. The van der Waals surface area contributed by atoms with Gasteiger partial charge in [-0.15, -0.1) is 0 Å². The summed E-state index contributed by atoms with van der Waals surface area (Å²) >= 11 is 0. The van der Waals surface area contributed by atoms with Crippen LogP contribution in [0.5, 0.6) is 11.5 Å². The van der Waals surface area contributed by atoms with Crippen molar-refractivity contribution >= 4 is 5.97 Å². The fourth-order valence-corrected chi connectivity index (χ4v) is 2.91. The number of methoxy groups -OCH3 is 1. The average molecular weight is 424 g/mol. The predicted molar refractivity (Wildman–Crippen MR) is 120 cm³/mol. The second-order valence-electron chi connectivity index (χ2n) is 6.78. The summed E-state index contributed by atoms with van der Waals surface area (Å²) in [5.41, 5.74) is 9.05. The number of ether oxygens (including phenoxy) is 2. The molecule has 0 aliphatic rings. The first-order valence-corrected chi connectivity index (χ1v) is 10.0. The molecule has 1 unspecified atom stereocenters. The van der Waals surface area contributed by atoms with E-state index < -0.39 is 12.1 Å². The molecular weight excluding hydrogens is 394 g/mol. The number of aliphatic hydroxyl groups is 1. The molecule has 0 amide bonds. The average Bonchev–Trinajstić information content (AvgIpc) is 2.83. The van der Waals surface area contributed by atoms with Crippen molar-refractivity contribution in [3.8, 4) is 11.5 Å². The largest absolute Gasteiger partial charge is 0.496 e. The van der Waals surface area contributed by atoms with Crippen molar-refractivity contribution in [2.45, 2.75) is 32.1 Å². The molecule has 0 spiro atoms. The third-order valence-corrected chi connectivity index (χ3v) is 4.67. The van der Waals surface area contributed by atoms with Crippen LogP contribution in [0.25, 0.3) is 0 Å². The van der Waals surface area contributed by atoms with Gasteiger partial charge in [-0.1, -0.05) is 67.6 Å². The van der Waals surface area contributed by atoms with Crippen LogP contribution < -0.4 is 15.2 Å². The summed E-state index contributed by atoms with van der Waals surface area (Å²) < 4.78 is 10.4. The van der Waals surface area contributed by atoms with Crippen molar-refractivity contribution < 1.29 is 24.5 Å². The lowest BCUT2D eigenvalue weighted by Gasteiger charge is -2.14. The number of carboxylic acid groups (broad SMARTS) is 1. The predicted octanol–water partition coefficient (Wildman–Crippen LogP) is 4.16. The Kier molecular flexibility index (Phi) is 9.55. The summed E-state index contributed by atoms with van der Waals surface area (Å²) in [5.74, 6) is -0.115. The molecule has 0 heterocycles. The molecule has 164 valence electrons. The SMILES string of the molecule is CCC(Oc1ccc(CO)c(OC)c1)C(=O)O.NC(c1ccccc1)c1ccccc1. The van der Waals surface area contributed by atoms with Gasteiger partial charge in [-0.05, 0) is 29.7 Å². The molecule has 0 fully saturated rings. The lowest BCUT2D eigenvalue weighted by Crippen LogP contribution is -2.25. The number of aliphatic hydroxyl groups excluding tert-OH is 1. The van der Waals surface area contributed by atoms with E-state index in [9.17, 15) is 4.79 Å². The first-order chi connectivity index (χ1) is 15.0. The Hall–Kier alpha value is -3.35. The zero-order valence-corrected chi connectivity index (χ0v) is 17.8. The highest BCUT2D eigenvalue weighted by Crippen LogP contribution is 2.25. The van der Waals surface area contributed by atoms with Crippen LogP contribution in [0.4, 0.5) is 0 Å². The van der Waals surface area contributed by atoms with Gasteiger partial charge in [-0.3, -0.25) is 0 Å². The van der Waals surface area contributed by atoms with Gasteiger partial charge in [0, 0.05) is 11.6 Å². The molecular formula is C25H29NO5. The lowest BCUT2D eigenvalue weighted by atomic mass is 10.00. The first-order valence-electron chi connectivity index (χ1n) is 10.0. The molecule has 6 heteroatoms. The van der Waals surface area contributed by atoms with Crippen molar-refractivity contribution in [2.24, 2.45) is 5.73 Å². The van der Waals surface area contributed by atoms with Gasteiger partial charge in [0.2, 0.25) is 0 Å². The number of hydrogen-bond donors (Lipinski definition) is 3. The zero-order valence-electron chi connectivity index (χ0n) is 17.8. The molecule has 0 saturated carbocycles. The molecule has 6 nitrogen and oxygen atoms in total. The van der Waals surface area contributed by atoms with Crippen LogP contribution >= 0.6 is 0 Å². The van der Waals surface area contributed by atoms with Gasteiger partial charge >= 0.3 is 5.97 Å². The molecule has 0 aromatic heterocycles. The summed E-state index contributed by atoms with van der Waals surface area (Å²) in [6.07, 6.45) is -0.501. The van der Waals surface area contributed by atoms with Crippen LogP contribution in [0, 0.1) is 0 Å². The van der Waals surface area contributed by atoms with Gasteiger partial charge < -0.3 is 25.4 Å². The van der Waals surface area contributed by atoms with E-state index in [-0.39, 0.29) is 12.6 Å². The first kappa shape index (κ1) is 23.9. The van der Waals surface area contributed by atoms with E-state index >= 15 is 0 Å². The summed E-state index contributed by atoms with van der Waals surface area (Å²) in [4.78, 5) is 10.8. The van der Waals surface area contributed by atoms with Crippen molar-refractivity contribution in [2.75, 3.05) is 7.11 Å². The topological polar surface area (TPSA) is 102 Å². The van der Waals surface area contributed by atoms with Crippen molar-refractivity contribution in [3.63, 3.8) is 0 Å². The monoisotopic (exact) mass is 423 g/mol. The Bertz CT molecular complexity index is 892. The minimum absolute atomic E-state index is 0.0163. The number of rotatable bonds is 8. The van der Waals surface area contributed by atoms with E-state index in [1.54, 1.807) is 25.1 Å². The normalized spacial score (nSPS) is 11.3. The highest BCUT2D eigenvalue weighted by molar-refractivity contribution is 5.72. The molecule has 31 heavy (non-hydrogen) atoms. The molecule has 0 aliphatic carbocycles. The highest BCUT2D eigenvalue weighted by atomic mass is 16.5. The molecule has 1 atom stereocenters. The summed E-state index contributed by atoms with van der Waals surface area (Å²) in [6.45, 7) is 1.59. The molecule has 0 saturated heterocycles. The summed E-state index contributed by atoms with van der Waals surface area (Å²) in [6, 6.07) is 25.1. The minimum Gasteiger partial charge on any atom is -0.496 e. The molecule has 4 N–H and O–H groups in total. The number of nitrogens with two attached hydrogens (primary N) is 1. The summed E-state index contributed by atoms with van der Waals surface area (Å²) in [7, 11) is 1.48. The second kappa shape index (κ2) is 12.4. The van der Waals surface area contributed by atoms with Crippen molar-refractivity contribution in [1.82, 2.24) is 0 Å². The van der Waals surface area contributed by atoms with E-state index in [0.29, 0.717) is 23.5 Å². The maximum absolute atomic E-state index is 10.8. The van der Waals surface area contributed by atoms with E-state index in [1.165, 1.54) is 7.11 Å². The third kappa shape index (κ3) is 7.13. The fourth-order valence-electron chi connectivity index (χ4n) is 2.91. The van der Waals surface area contributed by atoms with Crippen LogP contribution in [0.3, 0.4) is 0 Å². The highest BCUT2D eigenvalue weighted by Gasteiger charge is 2.17. The van der Waals surface area contributed by atoms with Crippen LogP contribution in [-0.2, 0) is 11.4 Å². The smallest absolute Gasteiger partial charge is 0.344 e. The standard InChI is InChI=1S/C13H13N.C12H16O5/c14-13(11-7-3-1-4-8-11)12-9-5-2-6-10-12;1-3-10(12(14)15)17-9-5-4-8(7-13)11(6-9)16-2/h1-10,13H,14H2;4-6,10,13H,3,7H2,1-2H3,(H,14,15). The molecule has 0 bridgehead atoms. The number of hydrogen-bond acceptors (Lipinski definition) is 5. The molecule has 3 aromatic rings. The fraction of sp³-hybridized carbons (Fsp3) is 0.240. The molecule has 3 aromatic carbocycles. The maximum atomic E-state index is 10.8. The third-order valence-electron chi connectivity index (χ3n) is 4.67.